The van der Waals surface area contributed by atoms with Gasteiger partial charge in [0.1, 0.15) is 5.82 Å². The molecule has 2 aromatic carbocycles. The summed E-state index contributed by atoms with van der Waals surface area (Å²) in [6, 6.07) is 15.5. The number of hydrogen-bond acceptors (Lipinski definition) is 2. The number of rotatable bonds is 5. The summed E-state index contributed by atoms with van der Waals surface area (Å²) in [5.41, 5.74) is 2.27. The van der Waals surface area contributed by atoms with Crippen LogP contribution in [0.2, 0.25) is 0 Å². The Labute approximate surface area is 140 Å². The Morgan fingerprint density at radius 3 is 2.58 bits per heavy atom. The zero-order valence-corrected chi connectivity index (χ0v) is 13.4. The minimum atomic E-state index is -0.292. The largest absolute Gasteiger partial charge is 0.335 e. The number of carbonyl (C=O) groups is 1. The third-order valence-electron chi connectivity index (χ3n) is 3.81. The maximum absolute atomic E-state index is 13.3. The molecule has 0 unspecified atom stereocenters. The van der Waals surface area contributed by atoms with Crippen molar-refractivity contribution in [2.75, 3.05) is 6.54 Å². The number of halogens is 1. The fourth-order valence-corrected chi connectivity index (χ4v) is 2.54. The lowest BCUT2D eigenvalue weighted by molar-refractivity contribution is 0.0752. The van der Waals surface area contributed by atoms with E-state index in [1.165, 1.54) is 12.1 Å². The van der Waals surface area contributed by atoms with Gasteiger partial charge in [0, 0.05) is 31.0 Å². The van der Waals surface area contributed by atoms with E-state index in [0.717, 1.165) is 11.3 Å². The van der Waals surface area contributed by atoms with E-state index >= 15 is 0 Å². The number of hydrogen-bond donors (Lipinski definition) is 0. The molecule has 1 aromatic heterocycles. The van der Waals surface area contributed by atoms with Gasteiger partial charge in [0.15, 0.2) is 0 Å². The lowest BCUT2D eigenvalue weighted by Gasteiger charge is -2.21. The van der Waals surface area contributed by atoms with E-state index in [0.29, 0.717) is 18.7 Å². The molecule has 0 aliphatic rings. The second-order valence-corrected chi connectivity index (χ2v) is 5.45. The molecule has 0 radical (unpaired) electrons. The van der Waals surface area contributed by atoms with Crippen molar-refractivity contribution in [3.63, 3.8) is 0 Å². The highest BCUT2D eigenvalue weighted by atomic mass is 19.1. The molecule has 1 amide bonds. The summed E-state index contributed by atoms with van der Waals surface area (Å²) in [5, 5.41) is 4.16. The van der Waals surface area contributed by atoms with Gasteiger partial charge in [-0.3, -0.25) is 4.79 Å². The minimum absolute atomic E-state index is 0.0752. The molecule has 0 spiro atoms. The van der Waals surface area contributed by atoms with E-state index in [4.69, 9.17) is 0 Å². The molecule has 24 heavy (non-hydrogen) atoms. The molecule has 1 heterocycles. The summed E-state index contributed by atoms with van der Waals surface area (Å²) in [7, 11) is 0. The summed E-state index contributed by atoms with van der Waals surface area (Å²) in [4.78, 5) is 14.4. The van der Waals surface area contributed by atoms with Crippen LogP contribution < -0.4 is 0 Å². The molecule has 0 saturated heterocycles. The predicted octanol–water partition coefficient (Wildman–Crippen LogP) is 3.67. The highest BCUT2D eigenvalue weighted by Crippen LogP contribution is 2.14. The van der Waals surface area contributed by atoms with Crippen LogP contribution in [0.15, 0.2) is 67.0 Å². The zero-order chi connectivity index (χ0) is 16.9. The molecular formula is C19H18FN3O. The average Bonchev–Trinajstić information content (AvgIpc) is 3.14. The van der Waals surface area contributed by atoms with Crippen LogP contribution in [0.3, 0.4) is 0 Å². The van der Waals surface area contributed by atoms with Gasteiger partial charge in [0.05, 0.1) is 5.69 Å². The van der Waals surface area contributed by atoms with E-state index < -0.39 is 0 Å². The molecule has 5 heteroatoms. The molecule has 0 atom stereocenters. The standard InChI is InChI=1S/C19H18FN3O/c1-2-22(14-15-5-3-6-17(20)13-15)19(24)16-7-9-18(10-8-16)23-12-4-11-21-23/h3-13H,2,14H2,1H3. The van der Waals surface area contributed by atoms with Gasteiger partial charge in [-0.25, -0.2) is 9.07 Å². The smallest absolute Gasteiger partial charge is 0.254 e. The van der Waals surface area contributed by atoms with Crippen molar-refractivity contribution >= 4 is 5.91 Å². The van der Waals surface area contributed by atoms with Gasteiger partial charge in [0.2, 0.25) is 0 Å². The summed E-state index contributed by atoms with van der Waals surface area (Å²) in [6.07, 6.45) is 3.55. The Bertz CT molecular complexity index is 813. The summed E-state index contributed by atoms with van der Waals surface area (Å²) >= 11 is 0. The summed E-state index contributed by atoms with van der Waals surface area (Å²) in [5.74, 6) is -0.367. The minimum Gasteiger partial charge on any atom is -0.335 e. The number of carbonyl (C=O) groups excluding carboxylic acids is 1. The van der Waals surface area contributed by atoms with Gasteiger partial charge < -0.3 is 4.90 Å². The van der Waals surface area contributed by atoms with Crippen LogP contribution in [0.4, 0.5) is 4.39 Å². The van der Waals surface area contributed by atoms with Gasteiger partial charge in [0.25, 0.3) is 5.91 Å². The van der Waals surface area contributed by atoms with Crippen LogP contribution >= 0.6 is 0 Å². The molecule has 0 saturated carbocycles. The normalized spacial score (nSPS) is 10.6. The second-order valence-electron chi connectivity index (χ2n) is 5.45. The van der Waals surface area contributed by atoms with Crippen molar-refractivity contribution < 1.29 is 9.18 Å². The number of benzene rings is 2. The lowest BCUT2D eigenvalue weighted by Crippen LogP contribution is -2.30. The van der Waals surface area contributed by atoms with E-state index in [2.05, 4.69) is 5.10 Å². The van der Waals surface area contributed by atoms with Gasteiger partial charge in [-0.2, -0.15) is 5.10 Å². The van der Waals surface area contributed by atoms with Crippen LogP contribution in [0, 0.1) is 5.82 Å². The maximum atomic E-state index is 13.3. The maximum Gasteiger partial charge on any atom is 0.254 e. The van der Waals surface area contributed by atoms with E-state index in [1.807, 2.05) is 37.4 Å². The second kappa shape index (κ2) is 7.08. The molecule has 0 fully saturated rings. The molecule has 0 N–H and O–H groups in total. The molecular weight excluding hydrogens is 305 g/mol. The van der Waals surface area contributed by atoms with Gasteiger partial charge in [-0.05, 0) is 55.0 Å². The predicted molar refractivity (Wildman–Crippen MR) is 90.4 cm³/mol. The van der Waals surface area contributed by atoms with Crippen molar-refractivity contribution in [1.29, 1.82) is 0 Å². The van der Waals surface area contributed by atoms with Crippen LogP contribution in [-0.4, -0.2) is 27.1 Å². The van der Waals surface area contributed by atoms with Crippen molar-refractivity contribution in [3.05, 3.63) is 83.9 Å². The Balaban J connectivity index is 1.76. The van der Waals surface area contributed by atoms with Gasteiger partial charge in [-0.1, -0.05) is 12.1 Å². The summed E-state index contributed by atoms with van der Waals surface area (Å²) < 4.78 is 15.0. The molecule has 3 rings (SSSR count). The van der Waals surface area contributed by atoms with E-state index in [-0.39, 0.29) is 11.7 Å². The topological polar surface area (TPSA) is 38.1 Å². The lowest BCUT2D eigenvalue weighted by atomic mass is 10.1. The Kier molecular flexibility index (Phi) is 4.70. The van der Waals surface area contributed by atoms with Crippen LogP contribution in [0.5, 0.6) is 0 Å². The van der Waals surface area contributed by atoms with Crippen molar-refractivity contribution in [3.8, 4) is 5.69 Å². The fourth-order valence-electron chi connectivity index (χ4n) is 2.54. The van der Waals surface area contributed by atoms with Crippen LogP contribution in [0.25, 0.3) is 5.69 Å². The first-order valence-electron chi connectivity index (χ1n) is 7.81. The molecule has 0 aliphatic carbocycles. The number of aromatic nitrogens is 2. The van der Waals surface area contributed by atoms with Crippen LogP contribution in [0.1, 0.15) is 22.8 Å². The molecule has 3 aromatic rings. The van der Waals surface area contributed by atoms with Crippen molar-refractivity contribution in [2.24, 2.45) is 0 Å². The molecule has 0 bridgehead atoms. The Morgan fingerprint density at radius 2 is 1.96 bits per heavy atom. The first-order valence-corrected chi connectivity index (χ1v) is 7.81. The first kappa shape index (κ1) is 15.9. The number of amides is 1. The average molecular weight is 323 g/mol. The molecule has 4 nitrogen and oxygen atoms in total. The molecule has 0 aliphatic heterocycles. The third kappa shape index (κ3) is 3.51. The van der Waals surface area contributed by atoms with Crippen molar-refractivity contribution in [1.82, 2.24) is 14.7 Å². The fraction of sp³-hybridized carbons (Fsp3) is 0.158. The number of nitrogens with zero attached hydrogens (tertiary/aromatic N) is 3. The first-order chi connectivity index (χ1) is 11.7. The molecule has 122 valence electrons. The quantitative estimate of drug-likeness (QED) is 0.718. The van der Waals surface area contributed by atoms with Crippen LogP contribution in [-0.2, 0) is 6.54 Å². The van der Waals surface area contributed by atoms with E-state index in [9.17, 15) is 9.18 Å². The third-order valence-corrected chi connectivity index (χ3v) is 3.81. The Morgan fingerprint density at radius 1 is 1.17 bits per heavy atom. The Hall–Kier alpha value is -2.95. The van der Waals surface area contributed by atoms with Gasteiger partial charge in [-0.15, -0.1) is 0 Å². The zero-order valence-electron chi connectivity index (χ0n) is 13.4. The SMILES string of the molecule is CCN(Cc1cccc(F)c1)C(=O)c1ccc(-n2cccn2)cc1. The van der Waals surface area contributed by atoms with E-state index in [1.54, 1.807) is 34.0 Å². The highest BCUT2D eigenvalue weighted by molar-refractivity contribution is 5.94. The summed E-state index contributed by atoms with van der Waals surface area (Å²) in [6.45, 7) is 2.85. The monoisotopic (exact) mass is 323 g/mol. The highest BCUT2D eigenvalue weighted by Gasteiger charge is 2.15. The van der Waals surface area contributed by atoms with Crippen molar-refractivity contribution in [2.45, 2.75) is 13.5 Å². The van der Waals surface area contributed by atoms with Gasteiger partial charge >= 0.3 is 0 Å².